The summed E-state index contributed by atoms with van der Waals surface area (Å²) in [6.45, 7) is 6.72. The fraction of sp³-hybridized carbons (Fsp3) is 0.750. The van der Waals surface area contributed by atoms with Crippen LogP contribution in [0.3, 0.4) is 0 Å². The molecule has 1 aliphatic heterocycles. The van der Waals surface area contributed by atoms with Gasteiger partial charge in [-0.25, -0.2) is 4.98 Å². The second-order valence-electron chi connectivity index (χ2n) is 4.63. The van der Waals surface area contributed by atoms with Crippen molar-refractivity contribution in [3.63, 3.8) is 0 Å². The molecule has 5 heteroatoms. The number of hydrogen-bond acceptors (Lipinski definition) is 3. The molecule has 1 saturated heterocycles. The Bertz CT molecular complexity index is 289. The van der Waals surface area contributed by atoms with Crippen LogP contribution < -0.4 is 5.32 Å². The van der Waals surface area contributed by atoms with Crippen molar-refractivity contribution in [1.82, 2.24) is 20.2 Å². The van der Waals surface area contributed by atoms with E-state index in [0.29, 0.717) is 0 Å². The monoisotopic (exact) mass is 258 g/mol. The van der Waals surface area contributed by atoms with E-state index in [9.17, 15) is 0 Å². The van der Waals surface area contributed by atoms with Gasteiger partial charge in [0.15, 0.2) is 0 Å². The molecule has 17 heavy (non-hydrogen) atoms. The van der Waals surface area contributed by atoms with Gasteiger partial charge >= 0.3 is 0 Å². The lowest BCUT2D eigenvalue weighted by Crippen LogP contribution is -2.41. The molecule has 2 heterocycles. The molecule has 0 bridgehead atoms. The third kappa shape index (κ3) is 4.66. The minimum absolute atomic E-state index is 0. The summed E-state index contributed by atoms with van der Waals surface area (Å²) in [5.41, 5.74) is 1.16. The molecule has 0 saturated carbocycles. The van der Waals surface area contributed by atoms with Crippen molar-refractivity contribution in [3.05, 3.63) is 18.2 Å². The van der Waals surface area contributed by atoms with E-state index in [2.05, 4.69) is 27.1 Å². The molecule has 2 rings (SSSR count). The van der Waals surface area contributed by atoms with Gasteiger partial charge in [-0.3, -0.25) is 4.90 Å². The molecule has 1 atom stereocenters. The van der Waals surface area contributed by atoms with Gasteiger partial charge in [-0.05, 0) is 26.3 Å². The highest BCUT2D eigenvalue weighted by Crippen LogP contribution is 2.15. The van der Waals surface area contributed by atoms with E-state index < -0.39 is 0 Å². The first-order valence-electron chi connectivity index (χ1n) is 6.28. The topological polar surface area (TPSA) is 44.0 Å². The zero-order chi connectivity index (χ0) is 11.2. The lowest BCUT2D eigenvalue weighted by Gasteiger charge is -2.33. The van der Waals surface area contributed by atoms with E-state index in [1.54, 1.807) is 6.33 Å². The van der Waals surface area contributed by atoms with Gasteiger partial charge in [0, 0.05) is 37.6 Å². The Morgan fingerprint density at radius 3 is 3.12 bits per heavy atom. The molecular weight excluding hydrogens is 236 g/mol. The Morgan fingerprint density at radius 2 is 2.41 bits per heavy atom. The predicted molar refractivity (Wildman–Crippen MR) is 72.4 cm³/mol. The van der Waals surface area contributed by atoms with Crippen LogP contribution in [0.4, 0.5) is 0 Å². The number of hydrogen-bond donors (Lipinski definition) is 2. The highest BCUT2D eigenvalue weighted by Gasteiger charge is 2.16. The molecule has 0 radical (unpaired) electrons. The van der Waals surface area contributed by atoms with E-state index in [4.69, 9.17) is 0 Å². The third-order valence-electron chi connectivity index (χ3n) is 3.39. The highest BCUT2D eigenvalue weighted by atomic mass is 35.5. The van der Waals surface area contributed by atoms with Crippen LogP contribution in [-0.4, -0.2) is 40.5 Å². The highest BCUT2D eigenvalue weighted by molar-refractivity contribution is 5.85. The van der Waals surface area contributed by atoms with Crippen molar-refractivity contribution in [2.45, 2.75) is 38.8 Å². The summed E-state index contributed by atoms with van der Waals surface area (Å²) in [7, 11) is 0. The SMILES string of the molecule is CC1CCCCN1CCNCc1cnc[nH]1.Cl. The molecule has 98 valence electrons. The van der Waals surface area contributed by atoms with Gasteiger partial charge in [0.1, 0.15) is 0 Å². The Kier molecular flexibility index (Phi) is 6.55. The van der Waals surface area contributed by atoms with E-state index in [-0.39, 0.29) is 12.4 Å². The Labute approximate surface area is 110 Å². The number of rotatable bonds is 5. The maximum atomic E-state index is 4.00. The summed E-state index contributed by atoms with van der Waals surface area (Å²) >= 11 is 0. The predicted octanol–water partition coefficient (Wildman–Crippen LogP) is 1.80. The van der Waals surface area contributed by atoms with Gasteiger partial charge in [-0.2, -0.15) is 0 Å². The molecule has 1 fully saturated rings. The lowest BCUT2D eigenvalue weighted by molar-refractivity contribution is 0.161. The number of halogens is 1. The zero-order valence-corrected chi connectivity index (χ0v) is 11.3. The molecule has 1 unspecified atom stereocenters. The first kappa shape index (κ1) is 14.5. The number of aromatic amines is 1. The summed E-state index contributed by atoms with van der Waals surface area (Å²) in [6.07, 6.45) is 7.73. The maximum absolute atomic E-state index is 4.00. The quantitative estimate of drug-likeness (QED) is 0.792. The van der Waals surface area contributed by atoms with Crippen LogP contribution in [0, 0.1) is 0 Å². The number of piperidine rings is 1. The molecule has 0 spiro atoms. The minimum atomic E-state index is 0. The molecule has 0 aliphatic carbocycles. The normalized spacial score (nSPS) is 21.1. The minimum Gasteiger partial charge on any atom is -0.347 e. The lowest BCUT2D eigenvalue weighted by atomic mass is 10.0. The largest absolute Gasteiger partial charge is 0.347 e. The van der Waals surface area contributed by atoms with Crippen molar-refractivity contribution >= 4 is 12.4 Å². The standard InChI is InChI=1S/C12H22N4.ClH/c1-11-4-2-3-6-16(11)7-5-13-8-12-9-14-10-15-12;/h9-11,13H,2-8H2,1H3,(H,14,15);1H. The Balaban J connectivity index is 0.00000144. The molecule has 1 aromatic rings. The van der Waals surface area contributed by atoms with Crippen LogP contribution >= 0.6 is 12.4 Å². The summed E-state index contributed by atoms with van der Waals surface area (Å²) in [6, 6.07) is 0.766. The zero-order valence-electron chi connectivity index (χ0n) is 10.5. The van der Waals surface area contributed by atoms with Crippen molar-refractivity contribution < 1.29 is 0 Å². The molecular formula is C12H23ClN4. The van der Waals surface area contributed by atoms with Gasteiger partial charge < -0.3 is 10.3 Å². The summed E-state index contributed by atoms with van der Waals surface area (Å²) in [5.74, 6) is 0. The first-order valence-corrected chi connectivity index (χ1v) is 6.28. The van der Waals surface area contributed by atoms with Gasteiger partial charge in [0.05, 0.1) is 6.33 Å². The van der Waals surface area contributed by atoms with Crippen molar-refractivity contribution in [2.24, 2.45) is 0 Å². The number of aromatic nitrogens is 2. The van der Waals surface area contributed by atoms with Crippen LogP contribution in [0.1, 0.15) is 31.9 Å². The summed E-state index contributed by atoms with van der Waals surface area (Å²) in [5, 5.41) is 3.44. The van der Waals surface area contributed by atoms with Gasteiger partial charge in [0.25, 0.3) is 0 Å². The number of imidazole rings is 1. The average molecular weight is 259 g/mol. The second-order valence-corrected chi connectivity index (χ2v) is 4.63. The number of nitrogens with zero attached hydrogens (tertiary/aromatic N) is 2. The van der Waals surface area contributed by atoms with E-state index in [1.165, 1.54) is 25.8 Å². The van der Waals surface area contributed by atoms with Crippen molar-refractivity contribution in [1.29, 1.82) is 0 Å². The first-order chi connectivity index (χ1) is 7.86. The van der Waals surface area contributed by atoms with Crippen LogP contribution in [0.5, 0.6) is 0 Å². The number of likely N-dealkylation sites (tertiary alicyclic amines) is 1. The van der Waals surface area contributed by atoms with E-state index in [1.807, 2.05) is 6.20 Å². The third-order valence-corrected chi connectivity index (χ3v) is 3.39. The van der Waals surface area contributed by atoms with Crippen molar-refractivity contribution in [3.8, 4) is 0 Å². The molecule has 4 nitrogen and oxygen atoms in total. The average Bonchev–Trinajstić information content (AvgIpc) is 2.79. The fourth-order valence-electron chi connectivity index (χ4n) is 2.32. The van der Waals surface area contributed by atoms with Crippen LogP contribution in [0.15, 0.2) is 12.5 Å². The Morgan fingerprint density at radius 1 is 1.53 bits per heavy atom. The number of nitrogens with one attached hydrogen (secondary N) is 2. The maximum Gasteiger partial charge on any atom is 0.0922 e. The van der Waals surface area contributed by atoms with Gasteiger partial charge in [0.2, 0.25) is 0 Å². The van der Waals surface area contributed by atoms with Crippen LogP contribution in [0.2, 0.25) is 0 Å². The van der Waals surface area contributed by atoms with Crippen LogP contribution in [0.25, 0.3) is 0 Å². The molecule has 1 aromatic heterocycles. The molecule has 2 N–H and O–H groups in total. The van der Waals surface area contributed by atoms with Gasteiger partial charge in [-0.15, -0.1) is 12.4 Å². The molecule has 0 aromatic carbocycles. The van der Waals surface area contributed by atoms with Gasteiger partial charge in [-0.1, -0.05) is 6.42 Å². The second kappa shape index (κ2) is 7.69. The number of H-pyrrole nitrogens is 1. The molecule has 0 amide bonds. The summed E-state index contributed by atoms with van der Waals surface area (Å²) < 4.78 is 0. The van der Waals surface area contributed by atoms with E-state index in [0.717, 1.165) is 31.4 Å². The van der Waals surface area contributed by atoms with Crippen molar-refractivity contribution in [2.75, 3.05) is 19.6 Å². The smallest absolute Gasteiger partial charge is 0.0922 e. The Hall–Kier alpha value is -0.580. The van der Waals surface area contributed by atoms with Crippen LogP contribution in [-0.2, 0) is 6.54 Å². The molecule has 1 aliphatic rings. The van der Waals surface area contributed by atoms with E-state index >= 15 is 0 Å². The fourth-order valence-corrected chi connectivity index (χ4v) is 2.32. The summed E-state index contributed by atoms with van der Waals surface area (Å²) in [4.78, 5) is 9.68.